The van der Waals surface area contributed by atoms with Gasteiger partial charge in [-0.25, -0.2) is 0 Å². The van der Waals surface area contributed by atoms with Crippen molar-refractivity contribution < 1.29 is 4.74 Å². The molecule has 3 saturated heterocycles. The zero-order chi connectivity index (χ0) is 17.6. The number of nitrogens with one attached hydrogen (secondary N) is 1. The minimum Gasteiger partial charge on any atom is -0.492 e. The van der Waals surface area contributed by atoms with Gasteiger partial charge in [0.2, 0.25) is 0 Å². The summed E-state index contributed by atoms with van der Waals surface area (Å²) in [6.07, 6.45) is 0. The Kier molecular flexibility index (Phi) is 6.39. The monoisotopic (exact) mass is 365 g/mol. The normalized spacial score (nSPS) is 25.7. The fraction of sp³-hybridized carbons (Fsp3) is 0.611. The number of hydrogen-bond acceptors (Lipinski definition) is 4. The van der Waals surface area contributed by atoms with E-state index in [1.807, 2.05) is 38.4 Å². The Bertz CT molecular complexity index is 589. The molecule has 7 heteroatoms. The van der Waals surface area contributed by atoms with Crippen LogP contribution in [0.2, 0.25) is 5.02 Å². The number of guanidine groups is 1. The summed E-state index contributed by atoms with van der Waals surface area (Å²) >= 11 is 5.97. The number of rotatable bonds is 6. The van der Waals surface area contributed by atoms with E-state index in [4.69, 9.17) is 16.3 Å². The molecule has 3 aliphatic heterocycles. The van der Waals surface area contributed by atoms with Crippen LogP contribution < -0.4 is 10.1 Å². The first-order valence-electron chi connectivity index (χ1n) is 8.92. The average molecular weight is 366 g/mol. The lowest BCUT2D eigenvalue weighted by Gasteiger charge is -2.47. The van der Waals surface area contributed by atoms with Crippen molar-refractivity contribution in [3.05, 3.63) is 29.3 Å². The van der Waals surface area contributed by atoms with E-state index < -0.39 is 0 Å². The van der Waals surface area contributed by atoms with Crippen molar-refractivity contribution in [2.24, 2.45) is 4.99 Å². The zero-order valence-electron chi connectivity index (χ0n) is 15.1. The molecule has 0 spiro atoms. The van der Waals surface area contributed by atoms with Crippen molar-refractivity contribution in [2.45, 2.75) is 6.04 Å². The van der Waals surface area contributed by atoms with Crippen LogP contribution in [0.4, 0.5) is 0 Å². The highest BCUT2D eigenvalue weighted by Gasteiger charge is 2.31. The third-order valence-corrected chi connectivity index (χ3v) is 5.19. The summed E-state index contributed by atoms with van der Waals surface area (Å²) in [5.74, 6) is 1.70. The molecule has 3 fully saturated rings. The predicted octanol–water partition coefficient (Wildman–Crippen LogP) is 1.23. The third-order valence-electron chi connectivity index (χ3n) is 4.95. The van der Waals surface area contributed by atoms with Gasteiger partial charge < -0.3 is 15.0 Å². The molecule has 1 unspecified atom stereocenters. The maximum Gasteiger partial charge on any atom is 0.193 e. The molecule has 25 heavy (non-hydrogen) atoms. The number of nitrogens with zero attached hydrogens (tertiary/aromatic N) is 4. The van der Waals surface area contributed by atoms with Gasteiger partial charge in [0, 0.05) is 64.4 Å². The first-order chi connectivity index (χ1) is 12.2. The molecule has 1 N–H and O–H groups in total. The number of hydrogen-bond donors (Lipinski definition) is 1. The molecule has 0 aliphatic carbocycles. The van der Waals surface area contributed by atoms with Crippen molar-refractivity contribution in [1.29, 1.82) is 0 Å². The third kappa shape index (κ3) is 5.00. The van der Waals surface area contributed by atoms with E-state index in [-0.39, 0.29) is 0 Å². The molecule has 2 bridgehead atoms. The lowest BCUT2D eigenvalue weighted by Crippen LogP contribution is -2.63. The number of piperazine rings is 3. The zero-order valence-corrected chi connectivity index (χ0v) is 15.9. The van der Waals surface area contributed by atoms with Gasteiger partial charge >= 0.3 is 0 Å². The fourth-order valence-electron chi connectivity index (χ4n) is 3.48. The number of benzene rings is 1. The van der Waals surface area contributed by atoms with Crippen LogP contribution in [0.5, 0.6) is 5.75 Å². The van der Waals surface area contributed by atoms with E-state index in [0.717, 1.165) is 31.3 Å². The van der Waals surface area contributed by atoms with Gasteiger partial charge in [0.25, 0.3) is 0 Å². The topological polar surface area (TPSA) is 43.3 Å². The minimum absolute atomic E-state index is 0.579. The number of fused-ring (bicyclic) bond motifs is 3. The predicted molar refractivity (Wildman–Crippen MR) is 103 cm³/mol. The van der Waals surface area contributed by atoms with E-state index in [9.17, 15) is 0 Å². The first kappa shape index (κ1) is 18.3. The summed E-state index contributed by atoms with van der Waals surface area (Å²) in [7, 11) is 3.86. The van der Waals surface area contributed by atoms with Crippen LogP contribution in [0, 0.1) is 0 Å². The largest absolute Gasteiger partial charge is 0.492 e. The number of ether oxygens (including phenoxy) is 1. The van der Waals surface area contributed by atoms with Gasteiger partial charge in [0.15, 0.2) is 5.96 Å². The molecule has 4 rings (SSSR count). The number of halogens is 1. The lowest BCUT2D eigenvalue weighted by atomic mass is 10.1. The van der Waals surface area contributed by atoms with Crippen LogP contribution >= 0.6 is 11.6 Å². The summed E-state index contributed by atoms with van der Waals surface area (Å²) in [5.41, 5.74) is 0. The summed E-state index contributed by atoms with van der Waals surface area (Å²) in [4.78, 5) is 11.6. The Morgan fingerprint density at radius 3 is 2.80 bits per heavy atom. The average Bonchev–Trinajstić information content (AvgIpc) is 2.63. The first-order valence-corrected chi connectivity index (χ1v) is 9.30. The van der Waals surface area contributed by atoms with E-state index >= 15 is 0 Å². The van der Waals surface area contributed by atoms with Crippen molar-refractivity contribution in [3.63, 3.8) is 0 Å². The molecule has 1 aromatic carbocycles. The van der Waals surface area contributed by atoms with Crippen LogP contribution in [-0.2, 0) is 0 Å². The summed E-state index contributed by atoms with van der Waals surface area (Å²) in [6, 6.07) is 8.06. The fourth-order valence-corrected chi connectivity index (χ4v) is 3.66. The van der Waals surface area contributed by atoms with Crippen LogP contribution in [0.15, 0.2) is 29.3 Å². The molecule has 0 aromatic heterocycles. The molecular weight excluding hydrogens is 338 g/mol. The van der Waals surface area contributed by atoms with Crippen molar-refractivity contribution in [1.82, 2.24) is 20.0 Å². The molecule has 1 atom stereocenters. The number of aliphatic imine (C=N–C) groups is 1. The quantitative estimate of drug-likeness (QED) is 0.606. The van der Waals surface area contributed by atoms with Gasteiger partial charge in [-0.05, 0) is 18.2 Å². The van der Waals surface area contributed by atoms with Gasteiger partial charge in [0.05, 0.1) is 6.54 Å². The molecule has 0 radical (unpaired) electrons. The van der Waals surface area contributed by atoms with E-state index in [2.05, 4.69) is 25.0 Å². The molecule has 138 valence electrons. The Morgan fingerprint density at radius 2 is 2.16 bits per heavy atom. The standard InChI is InChI=1S/C18H28ClN5O/c1-20-18(21-13-16-14-23-6-8-24(16)9-7-23)22(2)10-11-25-17-5-3-4-15(19)12-17/h3-5,12,16H,6-11,13-14H2,1-2H3,(H,20,21). The summed E-state index contributed by atoms with van der Waals surface area (Å²) in [5, 5.41) is 4.20. The number of likely N-dealkylation sites (N-methyl/N-ethyl adjacent to an activating group) is 1. The van der Waals surface area contributed by atoms with Gasteiger partial charge in [-0.15, -0.1) is 0 Å². The van der Waals surface area contributed by atoms with Gasteiger partial charge in [-0.2, -0.15) is 0 Å². The van der Waals surface area contributed by atoms with Gasteiger partial charge in [0.1, 0.15) is 12.4 Å². The second kappa shape index (κ2) is 8.74. The SMILES string of the molecule is CN=C(NCC1CN2CCN1CC2)N(C)CCOc1cccc(Cl)c1. The Labute approximate surface area is 155 Å². The second-order valence-corrected chi connectivity index (χ2v) is 7.08. The van der Waals surface area contributed by atoms with Gasteiger partial charge in [-0.3, -0.25) is 14.8 Å². The highest BCUT2D eigenvalue weighted by atomic mass is 35.5. The molecule has 3 aliphatic rings. The molecule has 6 nitrogen and oxygen atoms in total. The van der Waals surface area contributed by atoms with Crippen LogP contribution in [-0.4, -0.2) is 93.2 Å². The van der Waals surface area contributed by atoms with E-state index in [1.165, 1.54) is 26.2 Å². The molecule has 3 heterocycles. The minimum atomic E-state index is 0.579. The second-order valence-electron chi connectivity index (χ2n) is 6.65. The lowest BCUT2D eigenvalue weighted by molar-refractivity contribution is 0.0152. The molecule has 0 amide bonds. The van der Waals surface area contributed by atoms with Crippen molar-refractivity contribution in [2.75, 3.05) is 66.5 Å². The van der Waals surface area contributed by atoms with Crippen LogP contribution in [0.3, 0.4) is 0 Å². The molecule has 0 saturated carbocycles. The Hall–Kier alpha value is -1.50. The van der Waals surface area contributed by atoms with Crippen LogP contribution in [0.25, 0.3) is 0 Å². The summed E-state index contributed by atoms with van der Waals surface area (Å²) in [6.45, 7) is 8.24. The Balaban J connectivity index is 1.41. The van der Waals surface area contributed by atoms with Crippen molar-refractivity contribution in [3.8, 4) is 5.75 Å². The smallest absolute Gasteiger partial charge is 0.193 e. The summed E-state index contributed by atoms with van der Waals surface area (Å²) < 4.78 is 5.76. The van der Waals surface area contributed by atoms with E-state index in [1.54, 1.807) is 0 Å². The Morgan fingerprint density at radius 1 is 1.36 bits per heavy atom. The van der Waals surface area contributed by atoms with Crippen molar-refractivity contribution >= 4 is 17.6 Å². The molecular formula is C18H28ClN5O. The highest BCUT2D eigenvalue weighted by Crippen LogP contribution is 2.17. The molecule has 1 aromatic rings. The van der Waals surface area contributed by atoms with E-state index in [0.29, 0.717) is 17.7 Å². The maximum absolute atomic E-state index is 5.97. The van der Waals surface area contributed by atoms with Gasteiger partial charge in [-0.1, -0.05) is 17.7 Å². The highest BCUT2D eigenvalue weighted by molar-refractivity contribution is 6.30. The maximum atomic E-state index is 5.97. The van der Waals surface area contributed by atoms with Crippen LogP contribution in [0.1, 0.15) is 0 Å².